The molecule has 0 amide bonds. The quantitative estimate of drug-likeness (QED) is 0.439. The number of rotatable bonds is 0. The van der Waals surface area contributed by atoms with Gasteiger partial charge in [0.15, 0.2) is 0 Å². The van der Waals surface area contributed by atoms with Gasteiger partial charge in [0.05, 0.1) is 6.10 Å². The van der Waals surface area contributed by atoms with Crippen LogP contribution in [0.3, 0.4) is 0 Å². The van der Waals surface area contributed by atoms with Gasteiger partial charge in [-0.1, -0.05) is 0 Å². The zero-order chi connectivity index (χ0) is 4.69. The predicted molar refractivity (Wildman–Crippen MR) is 25.3 cm³/mol. The maximum absolute atomic E-state index is 5.14. The van der Waals surface area contributed by atoms with Gasteiger partial charge in [-0.25, -0.2) is 0 Å². The molecule has 0 saturated carbocycles. The van der Waals surface area contributed by atoms with Crippen LogP contribution in [0, 0.1) is 6.54 Å². The number of fused-ring (bicyclic) bond motifs is 1. The minimum absolute atomic E-state index is 0.397. The fraction of sp³-hybridized carbons (Fsp3) is 0.800. The highest BCUT2D eigenvalue weighted by Gasteiger charge is 2.40. The fourth-order valence-corrected chi connectivity index (χ4v) is 0.956. The van der Waals surface area contributed by atoms with Crippen molar-refractivity contribution in [1.82, 2.24) is 5.32 Å². The SMILES string of the molecule is [CH]1CC[C@H]2OC2N1. The van der Waals surface area contributed by atoms with E-state index in [2.05, 4.69) is 11.9 Å². The molecule has 1 N–H and O–H groups in total. The Morgan fingerprint density at radius 2 is 2.71 bits per heavy atom. The predicted octanol–water partition coefficient (Wildman–Crippen LogP) is 0.256. The lowest BCUT2D eigenvalue weighted by Crippen LogP contribution is -2.21. The van der Waals surface area contributed by atoms with E-state index in [1.165, 1.54) is 12.8 Å². The second-order valence-electron chi connectivity index (χ2n) is 2.04. The summed E-state index contributed by atoms with van der Waals surface area (Å²) in [6, 6.07) is 0. The lowest BCUT2D eigenvalue weighted by molar-refractivity contribution is 0.363. The molecule has 0 aromatic carbocycles. The van der Waals surface area contributed by atoms with E-state index in [1.54, 1.807) is 0 Å². The molecule has 2 aliphatic rings. The molecule has 0 bridgehead atoms. The molecule has 2 heteroatoms. The van der Waals surface area contributed by atoms with Crippen LogP contribution in [0.4, 0.5) is 0 Å². The first-order valence-corrected chi connectivity index (χ1v) is 2.70. The molecule has 2 rings (SSSR count). The highest BCUT2D eigenvalue weighted by Crippen LogP contribution is 2.28. The summed E-state index contributed by atoms with van der Waals surface area (Å²) >= 11 is 0. The van der Waals surface area contributed by atoms with Crippen LogP contribution in [0.1, 0.15) is 12.8 Å². The molecule has 2 heterocycles. The Morgan fingerprint density at radius 3 is 3.29 bits per heavy atom. The van der Waals surface area contributed by atoms with Crippen LogP contribution >= 0.6 is 0 Å². The first-order chi connectivity index (χ1) is 3.47. The van der Waals surface area contributed by atoms with Crippen LogP contribution in [0.25, 0.3) is 0 Å². The lowest BCUT2D eigenvalue weighted by Gasteiger charge is -2.02. The minimum atomic E-state index is 0.397. The Morgan fingerprint density at radius 1 is 1.71 bits per heavy atom. The maximum atomic E-state index is 5.14. The van der Waals surface area contributed by atoms with Crippen molar-refractivity contribution in [3.63, 3.8) is 0 Å². The van der Waals surface area contributed by atoms with Gasteiger partial charge in [-0.05, 0) is 12.8 Å². The van der Waals surface area contributed by atoms with E-state index in [0.717, 1.165) is 0 Å². The van der Waals surface area contributed by atoms with Crippen LogP contribution in [-0.2, 0) is 4.74 Å². The van der Waals surface area contributed by atoms with Gasteiger partial charge in [0.25, 0.3) is 0 Å². The molecule has 2 saturated heterocycles. The Labute approximate surface area is 42.9 Å². The number of ether oxygens (including phenoxy) is 1. The molecular weight excluding hydrogens is 90.1 g/mol. The molecule has 2 nitrogen and oxygen atoms in total. The standard InChI is InChI=1S/C5H8NO/c1-2-4-5(7-4)6-3-1/h3-6H,1-2H2/t4-,5?/m1/s1. The second-order valence-corrected chi connectivity index (χ2v) is 2.04. The summed E-state index contributed by atoms with van der Waals surface area (Å²) in [5.41, 5.74) is 0. The maximum Gasteiger partial charge on any atom is 0.135 e. The summed E-state index contributed by atoms with van der Waals surface area (Å²) in [6.07, 6.45) is 3.34. The van der Waals surface area contributed by atoms with Crippen molar-refractivity contribution in [2.45, 2.75) is 25.2 Å². The van der Waals surface area contributed by atoms with E-state index in [1.807, 2.05) is 0 Å². The zero-order valence-corrected chi connectivity index (χ0v) is 4.05. The molecule has 0 aromatic rings. The fourth-order valence-electron chi connectivity index (χ4n) is 0.956. The highest BCUT2D eigenvalue weighted by molar-refractivity contribution is 4.91. The summed E-state index contributed by atoms with van der Waals surface area (Å²) in [7, 11) is 0. The zero-order valence-electron chi connectivity index (χ0n) is 4.05. The molecule has 2 fully saturated rings. The van der Waals surface area contributed by atoms with Crippen molar-refractivity contribution < 1.29 is 4.74 Å². The molecule has 0 spiro atoms. The van der Waals surface area contributed by atoms with Gasteiger partial charge >= 0.3 is 0 Å². The van der Waals surface area contributed by atoms with E-state index >= 15 is 0 Å². The molecule has 2 aliphatic heterocycles. The monoisotopic (exact) mass is 98.1 g/mol. The minimum Gasteiger partial charge on any atom is -0.353 e. The molecule has 7 heavy (non-hydrogen) atoms. The van der Waals surface area contributed by atoms with Gasteiger partial charge in [-0.2, -0.15) is 0 Å². The Bertz CT molecular complexity index is 74.1. The average molecular weight is 98.1 g/mol. The van der Waals surface area contributed by atoms with Gasteiger partial charge in [0, 0.05) is 6.54 Å². The number of nitrogens with one attached hydrogen (secondary N) is 1. The average Bonchev–Trinajstić information content (AvgIpc) is 2.41. The Kier molecular flexibility index (Phi) is 0.664. The third-order valence-corrected chi connectivity index (χ3v) is 1.46. The third-order valence-electron chi connectivity index (χ3n) is 1.46. The number of piperidine rings is 1. The van der Waals surface area contributed by atoms with Gasteiger partial charge in [0.2, 0.25) is 0 Å². The van der Waals surface area contributed by atoms with Gasteiger partial charge in [-0.3, -0.25) is 5.32 Å². The highest BCUT2D eigenvalue weighted by atomic mass is 16.6. The number of epoxide rings is 1. The first-order valence-electron chi connectivity index (χ1n) is 2.70. The molecule has 0 aliphatic carbocycles. The van der Waals surface area contributed by atoms with Gasteiger partial charge in [-0.15, -0.1) is 0 Å². The van der Waals surface area contributed by atoms with Crippen molar-refractivity contribution >= 4 is 0 Å². The smallest absolute Gasteiger partial charge is 0.135 e. The summed E-state index contributed by atoms with van der Waals surface area (Å²) in [5, 5.41) is 3.11. The van der Waals surface area contributed by atoms with Crippen molar-refractivity contribution in [2.24, 2.45) is 0 Å². The van der Waals surface area contributed by atoms with E-state index in [0.29, 0.717) is 12.3 Å². The summed E-state index contributed by atoms with van der Waals surface area (Å²) in [4.78, 5) is 0. The molecule has 39 valence electrons. The largest absolute Gasteiger partial charge is 0.353 e. The number of hydrogen-bond donors (Lipinski definition) is 1. The van der Waals surface area contributed by atoms with Crippen LogP contribution in [0.5, 0.6) is 0 Å². The van der Waals surface area contributed by atoms with Crippen LogP contribution < -0.4 is 5.32 Å². The van der Waals surface area contributed by atoms with Gasteiger partial charge < -0.3 is 4.74 Å². The normalized spacial score (nSPS) is 48.0. The van der Waals surface area contributed by atoms with Crippen molar-refractivity contribution in [2.75, 3.05) is 0 Å². The van der Waals surface area contributed by atoms with Crippen molar-refractivity contribution in [3.8, 4) is 0 Å². The molecular formula is C5H8NO. The molecule has 1 radical (unpaired) electrons. The second kappa shape index (κ2) is 1.20. The van der Waals surface area contributed by atoms with Crippen LogP contribution in [0.2, 0.25) is 0 Å². The topological polar surface area (TPSA) is 24.6 Å². The Hall–Kier alpha value is -0.0800. The molecule has 0 aromatic heterocycles. The lowest BCUT2D eigenvalue weighted by atomic mass is 10.2. The van der Waals surface area contributed by atoms with Gasteiger partial charge in [0.1, 0.15) is 6.23 Å². The molecule has 1 unspecified atom stereocenters. The van der Waals surface area contributed by atoms with Crippen molar-refractivity contribution in [3.05, 3.63) is 6.54 Å². The third kappa shape index (κ3) is 0.545. The summed E-state index contributed by atoms with van der Waals surface area (Å²) < 4.78 is 5.14. The molecule has 2 atom stereocenters. The van der Waals surface area contributed by atoms with E-state index in [9.17, 15) is 0 Å². The van der Waals surface area contributed by atoms with E-state index in [-0.39, 0.29) is 0 Å². The van der Waals surface area contributed by atoms with E-state index < -0.39 is 0 Å². The van der Waals surface area contributed by atoms with Crippen LogP contribution in [-0.4, -0.2) is 12.3 Å². The van der Waals surface area contributed by atoms with Crippen LogP contribution in [0.15, 0.2) is 0 Å². The summed E-state index contributed by atoms with van der Waals surface area (Å²) in [6.45, 7) is 2.08. The summed E-state index contributed by atoms with van der Waals surface area (Å²) in [5.74, 6) is 0. The number of hydrogen-bond acceptors (Lipinski definition) is 2. The van der Waals surface area contributed by atoms with Crippen molar-refractivity contribution in [1.29, 1.82) is 0 Å². The Balaban J connectivity index is 1.95. The first kappa shape index (κ1) is 3.87. The van der Waals surface area contributed by atoms with E-state index in [4.69, 9.17) is 4.74 Å².